The first kappa shape index (κ1) is 14.0. The minimum atomic E-state index is -4.38. The third-order valence-corrected chi connectivity index (χ3v) is 2.74. The minimum absolute atomic E-state index is 0.00790. The van der Waals surface area contributed by atoms with Crippen molar-refractivity contribution in [1.29, 1.82) is 0 Å². The largest absolute Gasteiger partial charge is 0.416 e. The zero-order valence-corrected chi connectivity index (χ0v) is 10.4. The summed E-state index contributed by atoms with van der Waals surface area (Å²) in [6.45, 7) is -0.00790. The Morgan fingerprint density at radius 2 is 1.75 bits per heavy atom. The van der Waals surface area contributed by atoms with Crippen LogP contribution in [0.2, 0.25) is 0 Å². The average Bonchev–Trinajstić information content (AvgIpc) is 2.39. The first-order valence-electron chi connectivity index (χ1n) is 5.79. The third-order valence-electron chi connectivity index (χ3n) is 2.74. The summed E-state index contributed by atoms with van der Waals surface area (Å²) in [4.78, 5) is 3.94. The molecule has 7 heteroatoms. The van der Waals surface area contributed by atoms with Gasteiger partial charge in [0.05, 0.1) is 11.3 Å². The van der Waals surface area contributed by atoms with Crippen LogP contribution in [0.1, 0.15) is 11.1 Å². The first-order chi connectivity index (χ1) is 9.38. The lowest BCUT2D eigenvalue weighted by atomic mass is 10.1. The number of benzene rings is 1. The van der Waals surface area contributed by atoms with Crippen molar-refractivity contribution >= 4 is 17.3 Å². The molecule has 1 heterocycles. The van der Waals surface area contributed by atoms with Crippen LogP contribution in [0.4, 0.5) is 30.5 Å². The number of aromatic nitrogens is 1. The van der Waals surface area contributed by atoms with Gasteiger partial charge in [-0.3, -0.25) is 0 Å². The van der Waals surface area contributed by atoms with Crippen molar-refractivity contribution in [2.24, 2.45) is 0 Å². The van der Waals surface area contributed by atoms with E-state index in [0.717, 1.165) is 6.07 Å². The summed E-state index contributed by atoms with van der Waals surface area (Å²) in [5, 5.41) is 2.79. The molecular formula is C13H13F3N4. The van der Waals surface area contributed by atoms with Crippen molar-refractivity contribution in [3.8, 4) is 0 Å². The Kier molecular flexibility index (Phi) is 3.69. The summed E-state index contributed by atoms with van der Waals surface area (Å²) in [6, 6.07) is 8.46. The van der Waals surface area contributed by atoms with Gasteiger partial charge < -0.3 is 16.8 Å². The summed E-state index contributed by atoms with van der Waals surface area (Å²) in [7, 11) is 0. The molecule has 0 bridgehead atoms. The van der Waals surface area contributed by atoms with Crippen molar-refractivity contribution in [1.82, 2.24) is 4.98 Å². The predicted molar refractivity (Wildman–Crippen MR) is 71.8 cm³/mol. The van der Waals surface area contributed by atoms with E-state index in [9.17, 15) is 13.2 Å². The highest BCUT2D eigenvalue weighted by atomic mass is 19.4. The molecule has 0 aliphatic carbocycles. The summed E-state index contributed by atoms with van der Waals surface area (Å²) in [5.74, 6) is 0.507. The molecule has 0 unspecified atom stereocenters. The molecule has 0 atom stereocenters. The number of alkyl halides is 3. The van der Waals surface area contributed by atoms with Crippen LogP contribution in [0.3, 0.4) is 0 Å². The molecule has 0 saturated carbocycles. The van der Waals surface area contributed by atoms with E-state index in [1.807, 2.05) is 0 Å². The van der Waals surface area contributed by atoms with Crippen LogP contribution in [0.5, 0.6) is 0 Å². The highest BCUT2D eigenvalue weighted by Gasteiger charge is 2.32. The molecule has 4 nitrogen and oxygen atoms in total. The van der Waals surface area contributed by atoms with Crippen LogP contribution in [0, 0.1) is 0 Å². The van der Waals surface area contributed by atoms with Gasteiger partial charge in [0, 0.05) is 6.54 Å². The van der Waals surface area contributed by atoms with Crippen LogP contribution < -0.4 is 16.8 Å². The number of nitrogen functional groups attached to an aromatic ring is 2. The van der Waals surface area contributed by atoms with Crippen LogP contribution >= 0.6 is 0 Å². The molecule has 106 valence electrons. The number of rotatable bonds is 3. The van der Waals surface area contributed by atoms with Crippen molar-refractivity contribution in [3.63, 3.8) is 0 Å². The first-order valence-corrected chi connectivity index (χ1v) is 5.79. The molecule has 0 aliphatic rings. The fourth-order valence-corrected chi connectivity index (χ4v) is 1.72. The topological polar surface area (TPSA) is 77.0 Å². The second kappa shape index (κ2) is 5.28. The van der Waals surface area contributed by atoms with Gasteiger partial charge in [0.15, 0.2) is 0 Å². The van der Waals surface area contributed by atoms with Gasteiger partial charge in [-0.25, -0.2) is 4.98 Å². The maximum Gasteiger partial charge on any atom is 0.416 e. The molecule has 1 aromatic carbocycles. The van der Waals surface area contributed by atoms with Gasteiger partial charge in [0.25, 0.3) is 0 Å². The molecule has 0 aliphatic heterocycles. The van der Waals surface area contributed by atoms with Crippen molar-refractivity contribution in [3.05, 3.63) is 47.5 Å². The number of anilines is 3. The molecule has 20 heavy (non-hydrogen) atoms. The molecule has 0 saturated heterocycles. The Balaban J connectivity index is 2.17. The number of hydrogen-bond acceptors (Lipinski definition) is 4. The van der Waals surface area contributed by atoms with Crippen molar-refractivity contribution < 1.29 is 13.2 Å². The van der Waals surface area contributed by atoms with Gasteiger partial charge in [-0.05, 0) is 23.8 Å². The van der Waals surface area contributed by atoms with Crippen LogP contribution in [0.25, 0.3) is 0 Å². The standard InChI is InChI=1S/C13H13F3N4/c14-13(15,16)9-4-2-1-3-8(9)7-19-11-6-5-10(17)12(18)20-11/h1-6H,7,17H2,(H3,18,19,20). The minimum Gasteiger partial charge on any atom is -0.396 e. The van der Waals surface area contributed by atoms with E-state index in [2.05, 4.69) is 10.3 Å². The fourth-order valence-electron chi connectivity index (χ4n) is 1.72. The zero-order valence-electron chi connectivity index (χ0n) is 10.4. The van der Waals surface area contributed by atoms with E-state index in [1.54, 1.807) is 18.2 Å². The van der Waals surface area contributed by atoms with Gasteiger partial charge >= 0.3 is 6.18 Å². The quantitative estimate of drug-likeness (QED) is 0.809. The number of pyridine rings is 1. The number of hydrogen-bond donors (Lipinski definition) is 3. The Morgan fingerprint density at radius 1 is 1.05 bits per heavy atom. The Bertz CT molecular complexity index is 611. The normalized spacial score (nSPS) is 11.3. The maximum absolute atomic E-state index is 12.8. The van der Waals surface area contributed by atoms with Crippen molar-refractivity contribution in [2.75, 3.05) is 16.8 Å². The lowest BCUT2D eigenvalue weighted by Crippen LogP contribution is -2.12. The molecule has 2 aromatic rings. The molecule has 0 radical (unpaired) electrons. The van der Waals surface area contributed by atoms with E-state index in [-0.39, 0.29) is 17.9 Å². The highest BCUT2D eigenvalue weighted by Crippen LogP contribution is 2.32. The van der Waals surface area contributed by atoms with Gasteiger partial charge in [-0.2, -0.15) is 13.2 Å². The zero-order chi connectivity index (χ0) is 14.8. The predicted octanol–water partition coefficient (Wildman–Crippen LogP) is 2.88. The number of halogens is 3. The molecular weight excluding hydrogens is 269 g/mol. The Morgan fingerprint density at radius 3 is 2.40 bits per heavy atom. The Hall–Kier alpha value is -2.44. The van der Waals surface area contributed by atoms with Crippen LogP contribution in [0.15, 0.2) is 36.4 Å². The average molecular weight is 282 g/mol. The second-order valence-corrected chi connectivity index (χ2v) is 4.18. The fraction of sp³-hybridized carbons (Fsp3) is 0.154. The van der Waals surface area contributed by atoms with Crippen LogP contribution in [-0.4, -0.2) is 4.98 Å². The lowest BCUT2D eigenvalue weighted by molar-refractivity contribution is -0.138. The smallest absolute Gasteiger partial charge is 0.396 e. The molecule has 0 fully saturated rings. The van der Waals surface area contributed by atoms with E-state index in [0.29, 0.717) is 11.5 Å². The van der Waals surface area contributed by atoms with Gasteiger partial charge in [-0.1, -0.05) is 18.2 Å². The molecule has 0 spiro atoms. The monoisotopic (exact) mass is 282 g/mol. The van der Waals surface area contributed by atoms with E-state index in [4.69, 9.17) is 11.5 Å². The summed E-state index contributed by atoms with van der Waals surface area (Å²) in [6.07, 6.45) is -4.38. The van der Waals surface area contributed by atoms with Gasteiger partial charge in [-0.15, -0.1) is 0 Å². The van der Waals surface area contributed by atoms with E-state index < -0.39 is 11.7 Å². The second-order valence-electron chi connectivity index (χ2n) is 4.18. The van der Waals surface area contributed by atoms with Crippen LogP contribution in [-0.2, 0) is 12.7 Å². The van der Waals surface area contributed by atoms with Crippen molar-refractivity contribution in [2.45, 2.75) is 12.7 Å². The summed E-state index contributed by atoms with van der Waals surface area (Å²) < 4.78 is 38.4. The molecule has 5 N–H and O–H groups in total. The van der Waals surface area contributed by atoms with E-state index >= 15 is 0 Å². The number of nitrogens with two attached hydrogens (primary N) is 2. The maximum atomic E-state index is 12.8. The number of nitrogens with zero attached hydrogens (tertiary/aromatic N) is 1. The summed E-state index contributed by atoms with van der Waals surface area (Å²) >= 11 is 0. The molecule has 2 rings (SSSR count). The van der Waals surface area contributed by atoms with Gasteiger partial charge in [0.1, 0.15) is 11.6 Å². The SMILES string of the molecule is Nc1ccc(NCc2ccccc2C(F)(F)F)nc1N. The highest BCUT2D eigenvalue weighted by molar-refractivity contribution is 5.61. The molecule has 0 amide bonds. The Labute approximate surface area is 113 Å². The van der Waals surface area contributed by atoms with E-state index in [1.165, 1.54) is 12.1 Å². The number of nitrogens with one attached hydrogen (secondary N) is 1. The third kappa shape index (κ3) is 3.11. The molecule has 1 aromatic heterocycles. The lowest BCUT2D eigenvalue weighted by Gasteiger charge is -2.13. The van der Waals surface area contributed by atoms with Gasteiger partial charge in [0.2, 0.25) is 0 Å². The summed E-state index contributed by atoms with van der Waals surface area (Å²) in [5.41, 5.74) is 10.8.